The predicted octanol–water partition coefficient (Wildman–Crippen LogP) is 3.09. The molecule has 6 nitrogen and oxygen atoms in total. The van der Waals surface area contributed by atoms with Crippen LogP contribution in [0.15, 0.2) is 18.2 Å². The summed E-state index contributed by atoms with van der Waals surface area (Å²) in [4.78, 5) is 29.2. The summed E-state index contributed by atoms with van der Waals surface area (Å²) in [6.07, 6.45) is 4.70. The smallest absolute Gasteiger partial charge is 0.228 e. The normalized spacial score (nSPS) is 25.4. The van der Waals surface area contributed by atoms with E-state index in [9.17, 15) is 9.59 Å². The van der Waals surface area contributed by atoms with Gasteiger partial charge in [0.05, 0.1) is 25.8 Å². The van der Waals surface area contributed by atoms with Crippen molar-refractivity contribution in [3.05, 3.63) is 18.2 Å². The third-order valence-electron chi connectivity index (χ3n) is 6.03. The Morgan fingerprint density at radius 3 is 2.48 bits per heavy atom. The fourth-order valence-electron chi connectivity index (χ4n) is 4.21. The predicted molar refractivity (Wildman–Crippen MR) is 104 cm³/mol. The van der Waals surface area contributed by atoms with E-state index in [1.54, 1.807) is 31.3 Å². The third-order valence-corrected chi connectivity index (χ3v) is 6.03. The summed E-state index contributed by atoms with van der Waals surface area (Å²) < 4.78 is 10.7. The second-order valence-corrected chi connectivity index (χ2v) is 7.81. The minimum Gasteiger partial charge on any atom is -0.497 e. The number of anilines is 1. The van der Waals surface area contributed by atoms with Crippen molar-refractivity contribution in [2.75, 3.05) is 32.7 Å². The van der Waals surface area contributed by atoms with Gasteiger partial charge in [-0.3, -0.25) is 9.59 Å². The number of carbonyl (C=O) groups excluding carboxylic acids is 2. The van der Waals surface area contributed by atoms with Gasteiger partial charge in [0.15, 0.2) is 0 Å². The van der Waals surface area contributed by atoms with Gasteiger partial charge in [0.1, 0.15) is 11.5 Å². The second-order valence-electron chi connectivity index (χ2n) is 7.81. The van der Waals surface area contributed by atoms with Crippen LogP contribution in [-0.2, 0) is 9.59 Å². The van der Waals surface area contributed by atoms with Gasteiger partial charge in [0.2, 0.25) is 11.8 Å². The Balaban J connectivity index is 1.71. The van der Waals surface area contributed by atoms with Crippen molar-refractivity contribution >= 4 is 17.5 Å². The summed E-state index contributed by atoms with van der Waals surface area (Å²) in [7, 11) is 5.05. The van der Waals surface area contributed by atoms with Gasteiger partial charge in [-0.2, -0.15) is 0 Å². The number of benzene rings is 1. The van der Waals surface area contributed by atoms with E-state index in [0.29, 0.717) is 29.8 Å². The summed E-state index contributed by atoms with van der Waals surface area (Å²) in [5, 5.41) is 0. The van der Waals surface area contributed by atoms with E-state index in [0.717, 1.165) is 18.8 Å². The van der Waals surface area contributed by atoms with E-state index in [-0.39, 0.29) is 24.2 Å². The van der Waals surface area contributed by atoms with Crippen molar-refractivity contribution in [2.45, 2.75) is 45.1 Å². The molecule has 1 aliphatic heterocycles. The lowest BCUT2D eigenvalue weighted by Crippen LogP contribution is -2.43. The van der Waals surface area contributed by atoms with Crippen LogP contribution >= 0.6 is 0 Å². The van der Waals surface area contributed by atoms with E-state index in [4.69, 9.17) is 9.47 Å². The summed E-state index contributed by atoms with van der Waals surface area (Å²) in [5.41, 5.74) is 0.688. The van der Waals surface area contributed by atoms with Gasteiger partial charge in [0.25, 0.3) is 0 Å². The SMILES string of the molecule is COc1ccc(N2CC(C(=O)N(C)C3CCC(C)CC3)CC2=O)c(OC)c1. The van der Waals surface area contributed by atoms with Crippen LogP contribution in [0.25, 0.3) is 0 Å². The summed E-state index contributed by atoms with van der Waals surface area (Å²) >= 11 is 0. The molecule has 2 amide bonds. The summed E-state index contributed by atoms with van der Waals surface area (Å²) in [5.74, 6) is 1.73. The van der Waals surface area contributed by atoms with Gasteiger partial charge >= 0.3 is 0 Å². The lowest BCUT2D eigenvalue weighted by atomic mass is 9.86. The Morgan fingerprint density at radius 2 is 1.85 bits per heavy atom. The van der Waals surface area contributed by atoms with Crippen LogP contribution in [0.1, 0.15) is 39.0 Å². The van der Waals surface area contributed by atoms with Crippen LogP contribution in [-0.4, -0.2) is 50.6 Å². The topological polar surface area (TPSA) is 59.1 Å². The van der Waals surface area contributed by atoms with Crippen LogP contribution in [0.5, 0.6) is 11.5 Å². The molecule has 0 bridgehead atoms. The average Bonchev–Trinajstić information content (AvgIpc) is 3.08. The van der Waals surface area contributed by atoms with Gasteiger partial charge < -0.3 is 19.3 Å². The van der Waals surface area contributed by atoms with Crippen molar-refractivity contribution in [1.82, 2.24) is 4.90 Å². The molecule has 0 aromatic heterocycles. The lowest BCUT2D eigenvalue weighted by Gasteiger charge is -2.34. The van der Waals surface area contributed by atoms with Crippen molar-refractivity contribution < 1.29 is 19.1 Å². The minimum atomic E-state index is -0.298. The molecule has 1 heterocycles. The molecule has 1 aromatic carbocycles. The number of hydrogen-bond acceptors (Lipinski definition) is 4. The van der Waals surface area contributed by atoms with Gasteiger partial charge in [-0.05, 0) is 43.7 Å². The molecular formula is C21H30N2O4. The highest BCUT2D eigenvalue weighted by Gasteiger charge is 2.39. The zero-order chi connectivity index (χ0) is 19.6. The molecule has 1 saturated carbocycles. The van der Waals surface area contributed by atoms with Crippen LogP contribution in [0.3, 0.4) is 0 Å². The van der Waals surface area contributed by atoms with E-state index >= 15 is 0 Å². The first-order chi connectivity index (χ1) is 12.9. The van der Waals surface area contributed by atoms with Crippen molar-refractivity contribution in [1.29, 1.82) is 0 Å². The molecule has 1 aromatic rings. The first kappa shape index (κ1) is 19.5. The molecule has 3 rings (SSSR count). The number of amides is 2. The van der Waals surface area contributed by atoms with Crippen LogP contribution in [0.2, 0.25) is 0 Å². The maximum atomic E-state index is 13.0. The quantitative estimate of drug-likeness (QED) is 0.795. The highest BCUT2D eigenvalue weighted by atomic mass is 16.5. The van der Waals surface area contributed by atoms with E-state index in [2.05, 4.69) is 6.92 Å². The first-order valence-electron chi connectivity index (χ1n) is 9.73. The summed E-state index contributed by atoms with van der Waals surface area (Å²) in [6, 6.07) is 5.67. The molecule has 0 spiro atoms. The molecule has 1 aliphatic carbocycles. The van der Waals surface area contributed by atoms with E-state index in [1.165, 1.54) is 12.8 Å². The second kappa shape index (κ2) is 8.19. The number of hydrogen-bond donors (Lipinski definition) is 0. The van der Waals surface area contributed by atoms with Gasteiger partial charge in [0, 0.05) is 32.1 Å². The van der Waals surface area contributed by atoms with Gasteiger partial charge in [-0.25, -0.2) is 0 Å². The fourth-order valence-corrected chi connectivity index (χ4v) is 4.21. The zero-order valence-corrected chi connectivity index (χ0v) is 16.7. The molecule has 27 heavy (non-hydrogen) atoms. The number of methoxy groups -OCH3 is 2. The summed E-state index contributed by atoms with van der Waals surface area (Å²) in [6.45, 7) is 2.67. The van der Waals surface area contributed by atoms with Crippen molar-refractivity contribution in [3.8, 4) is 11.5 Å². The number of nitrogens with zero attached hydrogens (tertiary/aromatic N) is 2. The van der Waals surface area contributed by atoms with Gasteiger partial charge in [-0.1, -0.05) is 6.92 Å². The van der Waals surface area contributed by atoms with Crippen molar-refractivity contribution in [3.63, 3.8) is 0 Å². The fraction of sp³-hybridized carbons (Fsp3) is 0.619. The van der Waals surface area contributed by atoms with Crippen LogP contribution in [0, 0.1) is 11.8 Å². The first-order valence-corrected chi connectivity index (χ1v) is 9.73. The molecular weight excluding hydrogens is 344 g/mol. The Hall–Kier alpha value is -2.24. The van der Waals surface area contributed by atoms with Crippen LogP contribution < -0.4 is 14.4 Å². The molecule has 1 atom stereocenters. The Labute approximate surface area is 161 Å². The number of rotatable bonds is 5. The molecule has 2 aliphatic rings. The molecule has 6 heteroatoms. The highest BCUT2D eigenvalue weighted by Crippen LogP contribution is 2.36. The minimum absolute atomic E-state index is 0.0394. The Bertz CT molecular complexity index is 697. The lowest BCUT2D eigenvalue weighted by molar-refractivity contribution is -0.137. The molecule has 0 N–H and O–H groups in total. The standard InChI is InChI=1S/C21H30N2O4/c1-14-5-7-16(8-6-14)22(2)21(25)15-11-20(24)23(13-15)18-10-9-17(26-3)12-19(18)27-4/h9-10,12,14-16H,5-8,11,13H2,1-4H3. The number of carbonyl (C=O) groups is 2. The molecule has 1 unspecified atom stereocenters. The van der Waals surface area contributed by atoms with E-state index in [1.807, 2.05) is 18.0 Å². The maximum Gasteiger partial charge on any atom is 0.228 e. The molecule has 0 radical (unpaired) electrons. The monoisotopic (exact) mass is 374 g/mol. The molecule has 2 fully saturated rings. The van der Waals surface area contributed by atoms with Crippen molar-refractivity contribution in [2.24, 2.45) is 11.8 Å². The van der Waals surface area contributed by atoms with E-state index < -0.39 is 0 Å². The molecule has 148 valence electrons. The Morgan fingerprint density at radius 1 is 1.15 bits per heavy atom. The van der Waals surface area contributed by atoms with Gasteiger partial charge in [-0.15, -0.1) is 0 Å². The van der Waals surface area contributed by atoms with Crippen LogP contribution in [0.4, 0.5) is 5.69 Å². The largest absolute Gasteiger partial charge is 0.497 e. The highest BCUT2D eigenvalue weighted by molar-refractivity contribution is 6.01. The zero-order valence-electron chi connectivity index (χ0n) is 16.7. The Kier molecular flexibility index (Phi) is 5.92. The third kappa shape index (κ3) is 4.04. The molecule has 1 saturated heterocycles. The average molecular weight is 374 g/mol. The number of ether oxygens (including phenoxy) is 2. The maximum absolute atomic E-state index is 13.0.